The summed E-state index contributed by atoms with van der Waals surface area (Å²) in [5.74, 6) is 1.11. The molecule has 1 aliphatic heterocycles. The Morgan fingerprint density at radius 2 is 1.48 bits per heavy atom. The SMILES string of the molecule is COc1cc(OC)cc(C(=O)N2CCC(C(=O)c3ccc(Cl)cc3)CC2)c1. The first-order valence-corrected chi connectivity index (χ1v) is 9.21. The van der Waals surface area contributed by atoms with Crippen LogP contribution in [0.25, 0.3) is 0 Å². The maximum absolute atomic E-state index is 12.8. The average Bonchev–Trinajstić information content (AvgIpc) is 2.73. The lowest BCUT2D eigenvalue weighted by Gasteiger charge is -2.31. The van der Waals surface area contributed by atoms with Gasteiger partial charge in [0.25, 0.3) is 5.91 Å². The standard InChI is InChI=1S/C21H22ClNO4/c1-26-18-11-16(12-19(13-18)27-2)21(25)23-9-7-15(8-10-23)20(24)14-3-5-17(22)6-4-14/h3-6,11-13,15H,7-10H2,1-2H3. The van der Waals surface area contributed by atoms with Crippen molar-refractivity contribution in [2.45, 2.75) is 12.8 Å². The van der Waals surface area contributed by atoms with E-state index in [-0.39, 0.29) is 17.6 Å². The van der Waals surface area contributed by atoms with E-state index >= 15 is 0 Å². The number of methoxy groups -OCH3 is 2. The van der Waals surface area contributed by atoms with Gasteiger partial charge in [0.2, 0.25) is 0 Å². The number of ether oxygens (including phenoxy) is 2. The van der Waals surface area contributed by atoms with Gasteiger partial charge in [-0.05, 0) is 49.2 Å². The van der Waals surface area contributed by atoms with Gasteiger partial charge in [-0.2, -0.15) is 0 Å². The molecule has 0 N–H and O–H groups in total. The Morgan fingerprint density at radius 1 is 0.926 bits per heavy atom. The van der Waals surface area contributed by atoms with Gasteiger partial charge in [0, 0.05) is 41.2 Å². The number of halogens is 1. The summed E-state index contributed by atoms with van der Waals surface area (Å²) in [6, 6.07) is 12.1. The van der Waals surface area contributed by atoms with Crippen molar-refractivity contribution < 1.29 is 19.1 Å². The molecular formula is C21H22ClNO4. The monoisotopic (exact) mass is 387 g/mol. The van der Waals surface area contributed by atoms with Crippen molar-refractivity contribution in [1.29, 1.82) is 0 Å². The molecule has 0 atom stereocenters. The second-order valence-corrected chi connectivity index (χ2v) is 6.98. The molecule has 2 aromatic rings. The van der Waals surface area contributed by atoms with Gasteiger partial charge in [0.15, 0.2) is 5.78 Å². The van der Waals surface area contributed by atoms with E-state index < -0.39 is 0 Å². The van der Waals surface area contributed by atoms with Crippen LogP contribution in [0.5, 0.6) is 11.5 Å². The highest BCUT2D eigenvalue weighted by molar-refractivity contribution is 6.30. The number of benzene rings is 2. The molecule has 0 bridgehead atoms. The predicted octanol–water partition coefficient (Wildman–Crippen LogP) is 4.09. The van der Waals surface area contributed by atoms with Crippen LogP contribution in [0.1, 0.15) is 33.6 Å². The molecule has 0 unspecified atom stereocenters. The molecule has 0 aromatic heterocycles. The molecule has 1 amide bonds. The Balaban J connectivity index is 1.66. The molecule has 6 heteroatoms. The first-order valence-electron chi connectivity index (χ1n) is 8.84. The number of carbonyl (C=O) groups is 2. The minimum absolute atomic E-state index is 0.0740. The van der Waals surface area contributed by atoms with E-state index in [9.17, 15) is 9.59 Å². The number of piperidine rings is 1. The number of likely N-dealkylation sites (tertiary alicyclic amines) is 1. The van der Waals surface area contributed by atoms with Crippen LogP contribution in [0.4, 0.5) is 0 Å². The maximum Gasteiger partial charge on any atom is 0.254 e. The van der Waals surface area contributed by atoms with Crippen molar-refractivity contribution in [2.24, 2.45) is 5.92 Å². The van der Waals surface area contributed by atoms with Crippen molar-refractivity contribution in [3.63, 3.8) is 0 Å². The summed E-state index contributed by atoms with van der Waals surface area (Å²) in [7, 11) is 3.10. The highest BCUT2D eigenvalue weighted by Gasteiger charge is 2.28. The Hall–Kier alpha value is -2.53. The van der Waals surface area contributed by atoms with E-state index in [1.807, 2.05) is 0 Å². The normalized spacial score (nSPS) is 14.7. The molecule has 3 rings (SSSR count). The third-order valence-electron chi connectivity index (χ3n) is 4.88. The highest BCUT2D eigenvalue weighted by Crippen LogP contribution is 2.27. The number of nitrogens with zero attached hydrogens (tertiary/aromatic N) is 1. The molecule has 142 valence electrons. The van der Waals surface area contributed by atoms with Crippen LogP contribution in [0.3, 0.4) is 0 Å². The van der Waals surface area contributed by atoms with Gasteiger partial charge < -0.3 is 14.4 Å². The van der Waals surface area contributed by atoms with E-state index in [0.29, 0.717) is 53.6 Å². The van der Waals surface area contributed by atoms with Gasteiger partial charge in [-0.1, -0.05) is 11.6 Å². The van der Waals surface area contributed by atoms with Gasteiger partial charge in [-0.3, -0.25) is 9.59 Å². The number of Topliss-reactive ketones (excluding diaryl/α,β-unsaturated/α-hetero) is 1. The van der Waals surface area contributed by atoms with E-state index in [4.69, 9.17) is 21.1 Å². The Bertz CT molecular complexity index is 804. The Kier molecular flexibility index (Phi) is 6.01. The van der Waals surface area contributed by atoms with E-state index in [1.54, 1.807) is 61.6 Å². The second kappa shape index (κ2) is 8.44. The molecule has 5 nitrogen and oxygen atoms in total. The number of carbonyl (C=O) groups excluding carboxylic acids is 2. The van der Waals surface area contributed by atoms with Crippen molar-refractivity contribution in [1.82, 2.24) is 4.90 Å². The number of hydrogen-bond donors (Lipinski definition) is 0. The minimum atomic E-state index is -0.0791. The lowest BCUT2D eigenvalue weighted by Crippen LogP contribution is -2.40. The summed E-state index contributed by atoms with van der Waals surface area (Å²) in [5, 5.41) is 0.612. The van der Waals surface area contributed by atoms with Crippen LogP contribution in [-0.2, 0) is 0 Å². The van der Waals surface area contributed by atoms with Crippen LogP contribution in [0.2, 0.25) is 5.02 Å². The fraction of sp³-hybridized carbons (Fsp3) is 0.333. The van der Waals surface area contributed by atoms with Crippen LogP contribution < -0.4 is 9.47 Å². The zero-order valence-corrected chi connectivity index (χ0v) is 16.2. The van der Waals surface area contributed by atoms with Gasteiger partial charge in [0.05, 0.1) is 14.2 Å². The van der Waals surface area contributed by atoms with Crippen molar-refractivity contribution in [3.05, 3.63) is 58.6 Å². The number of rotatable bonds is 5. The molecule has 0 aliphatic carbocycles. The minimum Gasteiger partial charge on any atom is -0.497 e. The molecule has 0 radical (unpaired) electrons. The van der Waals surface area contributed by atoms with E-state index in [1.165, 1.54) is 0 Å². The van der Waals surface area contributed by atoms with Crippen molar-refractivity contribution in [2.75, 3.05) is 27.3 Å². The van der Waals surface area contributed by atoms with Gasteiger partial charge in [-0.25, -0.2) is 0 Å². The van der Waals surface area contributed by atoms with Crippen LogP contribution >= 0.6 is 11.6 Å². The molecule has 1 aliphatic rings. The third-order valence-corrected chi connectivity index (χ3v) is 5.13. The first-order chi connectivity index (χ1) is 13.0. The van der Waals surface area contributed by atoms with Crippen molar-refractivity contribution in [3.8, 4) is 11.5 Å². The predicted molar refractivity (Wildman–Crippen MR) is 104 cm³/mol. The summed E-state index contributed by atoms with van der Waals surface area (Å²) in [6.07, 6.45) is 1.29. The summed E-state index contributed by atoms with van der Waals surface area (Å²) in [6.45, 7) is 1.09. The lowest BCUT2D eigenvalue weighted by atomic mass is 9.88. The Morgan fingerprint density at radius 3 is 2.00 bits per heavy atom. The quantitative estimate of drug-likeness (QED) is 0.725. The van der Waals surface area contributed by atoms with Crippen molar-refractivity contribution >= 4 is 23.3 Å². The molecule has 0 spiro atoms. The average molecular weight is 388 g/mol. The molecule has 1 fully saturated rings. The fourth-order valence-corrected chi connectivity index (χ4v) is 3.43. The number of amides is 1. The maximum atomic E-state index is 12.8. The largest absolute Gasteiger partial charge is 0.497 e. The van der Waals surface area contributed by atoms with Crippen LogP contribution in [0.15, 0.2) is 42.5 Å². The van der Waals surface area contributed by atoms with Gasteiger partial charge >= 0.3 is 0 Å². The van der Waals surface area contributed by atoms with Gasteiger partial charge in [-0.15, -0.1) is 0 Å². The topological polar surface area (TPSA) is 55.8 Å². The molecule has 0 saturated carbocycles. The van der Waals surface area contributed by atoms with Crippen LogP contribution in [-0.4, -0.2) is 43.9 Å². The zero-order valence-electron chi connectivity index (χ0n) is 15.4. The van der Waals surface area contributed by atoms with E-state index in [2.05, 4.69) is 0 Å². The summed E-state index contributed by atoms with van der Waals surface area (Å²) >= 11 is 5.88. The number of ketones is 1. The summed E-state index contributed by atoms with van der Waals surface area (Å²) in [5.41, 5.74) is 1.19. The highest BCUT2D eigenvalue weighted by atomic mass is 35.5. The third kappa shape index (κ3) is 4.42. The lowest BCUT2D eigenvalue weighted by molar-refractivity contribution is 0.0650. The first kappa shape index (κ1) is 19.2. The zero-order chi connectivity index (χ0) is 19.4. The number of hydrogen-bond acceptors (Lipinski definition) is 4. The molecule has 1 heterocycles. The van der Waals surface area contributed by atoms with Crippen LogP contribution in [0, 0.1) is 5.92 Å². The smallest absolute Gasteiger partial charge is 0.254 e. The summed E-state index contributed by atoms with van der Waals surface area (Å²) in [4.78, 5) is 27.3. The molecule has 1 saturated heterocycles. The molecule has 2 aromatic carbocycles. The molecular weight excluding hydrogens is 366 g/mol. The fourth-order valence-electron chi connectivity index (χ4n) is 3.31. The Labute approximate surface area is 163 Å². The summed E-state index contributed by atoms with van der Waals surface area (Å²) < 4.78 is 10.5. The second-order valence-electron chi connectivity index (χ2n) is 6.54. The van der Waals surface area contributed by atoms with E-state index in [0.717, 1.165) is 0 Å². The molecule has 27 heavy (non-hydrogen) atoms. The van der Waals surface area contributed by atoms with Gasteiger partial charge in [0.1, 0.15) is 11.5 Å².